The standard InChI is InChI=1S/C16H15Cl2NO3/c1-22-15-9-11(17)8-14(18)13(15)6-7-19-16(21)10-2-4-12(20)5-3-10/h2-5,8-9,20H,6-7H2,1H3,(H,19,21). The highest BCUT2D eigenvalue weighted by Crippen LogP contribution is 2.31. The molecule has 0 fully saturated rings. The number of amides is 1. The fraction of sp³-hybridized carbons (Fsp3) is 0.188. The number of nitrogens with one attached hydrogen (secondary N) is 1. The van der Waals surface area contributed by atoms with Gasteiger partial charge in [-0.25, -0.2) is 0 Å². The van der Waals surface area contributed by atoms with Crippen molar-refractivity contribution in [1.29, 1.82) is 0 Å². The molecule has 0 aliphatic carbocycles. The Morgan fingerprint density at radius 2 is 1.91 bits per heavy atom. The average molecular weight is 340 g/mol. The van der Waals surface area contributed by atoms with E-state index < -0.39 is 0 Å². The fourth-order valence-corrected chi connectivity index (χ4v) is 2.59. The Kier molecular flexibility index (Phi) is 5.52. The van der Waals surface area contributed by atoms with Gasteiger partial charge in [-0.2, -0.15) is 0 Å². The minimum absolute atomic E-state index is 0.120. The first-order valence-corrected chi connectivity index (χ1v) is 7.36. The van der Waals surface area contributed by atoms with E-state index in [2.05, 4.69) is 5.32 Å². The number of methoxy groups -OCH3 is 1. The van der Waals surface area contributed by atoms with Crippen LogP contribution in [-0.2, 0) is 6.42 Å². The lowest BCUT2D eigenvalue weighted by Crippen LogP contribution is -2.25. The summed E-state index contributed by atoms with van der Waals surface area (Å²) in [5.74, 6) is 0.495. The van der Waals surface area contributed by atoms with Crippen molar-refractivity contribution in [3.63, 3.8) is 0 Å². The van der Waals surface area contributed by atoms with Gasteiger partial charge in [0.05, 0.1) is 7.11 Å². The molecule has 0 atom stereocenters. The molecule has 0 saturated carbocycles. The van der Waals surface area contributed by atoms with Gasteiger partial charge in [0, 0.05) is 27.7 Å². The molecule has 6 heteroatoms. The number of halogens is 2. The quantitative estimate of drug-likeness (QED) is 0.873. The van der Waals surface area contributed by atoms with Gasteiger partial charge in [-0.15, -0.1) is 0 Å². The summed E-state index contributed by atoms with van der Waals surface area (Å²) in [6.07, 6.45) is 0.517. The second kappa shape index (κ2) is 7.38. The van der Waals surface area contributed by atoms with Crippen molar-refractivity contribution in [2.45, 2.75) is 6.42 Å². The van der Waals surface area contributed by atoms with Crippen LogP contribution in [0.3, 0.4) is 0 Å². The van der Waals surface area contributed by atoms with Crippen LogP contribution >= 0.6 is 23.2 Å². The Labute approximate surface area is 138 Å². The van der Waals surface area contributed by atoms with Gasteiger partial charge in [0.15, 0.2) is 0 Å². The van der Waals surface area contributed by atoms with Crippen LogP contribution in [0.15, 0.2) is 36.4 Å². The van der Waals surface area contributed by atoms with Gasteiger partial charge in [0.25, 0.3) is 5.91 Å². The molecule has 0 spiro atoms. The van der Waals surface area contributed by atoms with E-state index in [-0.39, 0.29) is 11.7 Å². The third-order valence-corrected chi connectivity index (χ3v) is 3.68. The van der Waals surface area contributed by atoms with Crippen molar-refractivity contribution in [1.82, 2.24) is 5.32 Å². The van der Waals surface area contributed by atoms with Gasteiger partial charge >= 0.3 is 0 Å². The van der Waals surface area contributed by atoms with Gasteiger partial charge in [-0.05, 0) is 42.8 Å². The van der Waals surface area contributed by atoms with Crippen molar-refractivity contribution < 1.29 is 14.6 Å². The molecule has 0 heterocycles. The molecular formula is C16H15Cl2NO3. The van der Waals surface area contributed by atoms with Crippen molar-refractivity contribution in [3.8, 4) is 11.5 Å². The SMILES string of the molecule is COc1cc(Cl)cc(Cl)c1CCNC(=O)c1ccc(O)cc1. The fourth-order valence-electron chi connectivity index (χ4n) is 2.02. The zero-order chi connectivity index (χ0) is 16.1. The maximum atomic E-state index is 12.0. The lowest BCUT2D eigenvalue weighted by molar-refractivity contribution is 0.0954. The molecule has 4 nitrogen and oxygen atoms in total. The minimum Gasteiger partial charge on any atom is -0.508 e. The number of rotatable bonds is 5. The molecule has 2 aromatic carbocycles. The first kappa shape index (κ1) is 16.5. The number of benzene rings is 2. The van der Waals surface area contributed by atoms with Crippen LogP contribution in [0.25, 0.3) is 0 Å². The zero-order valence-corrected chi connectivity index (χ0v) is 13.4. The number of carbonyl (C=O) groups is 1. The molecule has 0 aliphatic heterocycles. The molecule has 0 radical (unpaired) electrons. The molecular weight excluding hydrogens is 325 g/mol. The van der Waals surface area contributed by atoms with Gasteiger partial charge in [-0.1, -0.05) is 23.2 Å². The van der Waals surface area contributed by atoms with E-state index in [4.69, 9.17) is 27.9 Å². The lowest BCUT2D eigenvalue weighted by atomic mass is 10.1. The minimum atomic E-state index is -0.218. The summed E-state index contributed by atoms with van der Waals surface area (Å²) in [5, 5.41) is 13.0. The zero-order valence-electron chi connectivity index (χ0n) is 11.9. The summed E-state index contributed by atoms with van der Waals surface area (Å²) < 4.78 is 5.25. The number of aromatic hydroxyl groups is 1. The van der Waals surface area contributed by atoms with Gasteiger partial charge < -0.3 is 15.2 Å². The van der Waals surface area contributed by atoms with Crippen molar-refractivity contribution in [2.24, 2.45) is 0 Å². The molecule has 2 aromatic rings. The van der Waals surface area contributed by atoms with E-state index in [9.17, 15) is 9.90 Å². The molecule has 1 amide bonds. The van der Waals surface area contributed by atoms with E-state index in [0.717, 1.165) is 5.56 Å². The van der Waals surface area contributed by atoms with Crippen LogP contribution in [0.1, 0.15) is 15.9 Å². The summed E-state index contributed by atoms with van der Waals surface area (Å²) in [7, 11) is 1.54. The number of hydrogen-bond acceptors (Lipinski definition) is 3. The van der Waals surface area contributed by atoms with E-state index in [1.165, 1.54) is 12.1 Å². The summed E-state index contributed by atoms with van der Waals surface area (Å²) in [6, 6.07) is 9.37. The second-order valence-corrected chi connectivity index (χ2v) is 5.46. The number of phenolic OH excluding ortho intramolecular Hbond substituents is 1. The molecule has 22 heavy (non-hydrogen) atoms. The number of ether oxygens (including phenoxy) is 1. The van der Waals surface area contributed by atoms with E-state index in [0.29, 0.717) is 34.3 Å². The maximum Gasteiger partial charge on any atom is 0.251 e. The van der Waals surface area contributed by atoms with Gasteiger partial charge in [0.1, 0.15) is 11.5 Å². The smallest absolute Gasteiger partial charge is 0.251 e. The Hall–Kier alpha value is -1.91. The van der Waals surface area contributed by atoms with Crippen LogP contribution in [0, 0.1) is 0 Å². The molecule has 0 saturated heterocycles. The maximum absolute atomic E-state index is 12.0. The molecule has 0 aromatic heterocycles. The average Bonchev–Trinajstić information content (AvgIpc) is 2.49. The molecule has 0 aliphatic rings. The Balaban J connectivity index is 1.99. The predicted octanol–water partition coefficient (Wildman–Crippen LogP) is 3.68. The van der Waals surface area contributed by atoms with Crippen molar-refractivity contribution in [3.05, 3.63) is 57.6 Å². The van der Waals surface area contributed by atoms with Crippen LogP contribution in [0.2, 0.25) is 10.0 Å². The Morgan fingerprint density at radius 1 is 1.23 bits per heavy atom. The van der Waals surface area contributed by atoms with Crippen molar-refractivity contribution >= 4 is 29.1 Å². The molecule has 0 unspecified atom stereocenters. The molecule has 2 rings (SSSR count). The first-order chi connectivity index (χ1) is 10.5. The first-order valence-electron chi connectivity index (χ1n) is 6.60. The summed E-state index contributed by atoms with van der Waals surface area (Å²) in [4.78, 5) is 12.0. The Bertz CT molecular complexity index is 672. The van der Waals surface area contributed by atoms with E-state index in [1.807, 2.05) is 0 Å². The highest BCUT2D eigenvalue weighted by Gasteiger charge is 2.11. The number of hydrogen-bond donors (Lipinski definition) is 2. The van der Waals surface area contributed by atoms with Crippen LogP contribution in [-0.4, -0.2) is 24.7 Å². The van der Waals surface area contributed by atoms with E-state index >= 15 is 0 Å². The summed E-state index contributed by atoms with van der Waals surface area (Å²) in [6.45, 7) is 0.400. The summed E-state index contributed by atoms with van der Waals surface area (Å²) >= 11 is 12.1. The molecule has 0 bridgehead atoms. The predicted molar refractivity (Wildman–Crippen MR) is 87.2 cm³/mol. The Morgan fingerprint density at radius 3 is 2.55 bits per heavy atom. The van der Waals surface area contributed by atoms with Gasteiger partial charge in [0.2, 0.25) is 0 Å². The second-order valence-electron chi connectivity index (χ2n) is 4.62. The van der Waals surface area contributed by atoms with Crippen LogP contribution < -0.4 is 10.1 Å². The topological polar surface area (TPSA) is 58.6 Å². The summed E-state index contributed by atoms with van der Waals surface area (Å²) in [5.41, 5.74) is 1.27. The number of carbonyl (C=O) groups excluding carboxylic acids is 1. The third-order valence-electron chi connectivity index (χ3n) is 3.13. The third kappa shape index (κ3) is 4.06. The number of phenols is 1. The van der Waals surface area contributed by atoms with Crippen LogP contribution in [0.4, 0.5) is 0 Å². The highest BCUT2D eigenvalue weighted by molar-refractivity contribution is 6.35. The van der Waals surface area contributed by atoms with E-state index in [1.54, 1.807) is 31.4 Å². The molecule has 116 valence electrons. The lowest BCUT2D eigenvalue weighted by Gasteiger charge is -2.12. The molecule has 2 N–H and O–H groups in total. The monoisotopic (exact) mass is 339 g/mol. The highest BCUT2D eigenvalue weighted by atomic mass is 35.5. The van der Waals surface area contributed by atoms with Crippen LogP contribution in [0.5, 0.6) is 11.5 Å². The largest absolute Gasteiger partial charge is 0.508 e. The van der Waals surface area contributed by atoms with Gasteiger partial charge in [-0.3, -0.25) is 4.79 Å². The normalized spacial score (nSPS) is 10.3. The van der Waals surface area contributed by atoms with Crippen molar-refractivity contribution in [2.75, 3.05) is 13.7 Å².